The Kier molecular flexibility index (Phi) is 5.81. The van der Waals surface area contributed by atoms with Crippen LogP contribution in [0.5, 0.6) is 0 Å². The van der Waals surface area contributed by atoms with E-state index in [1.807, 2.05) is 29.0 Å². The van der Waals surface area contributed by atoms with Crippen LogP contribution in [-0.4, -0.2) is 34.1 Å². The minimum Gasteiger partial charge on any atom is -0.477 e. The van der Waals surface area contributed by atoms with E-state index in [2.05, 4.69) is 46.7 Å². The Morgan fingerprint density at radius 1 is 1.33 bits per heavy atom. The number of aryl methyl sites for hydroxylation is 1. The van der Waals surface area contributed by atoms with Gasteiger partial charge in [0.15, 0.2) is 0 Å². The molecule has 0 aliphatic carbocycles. The summed E-state index contributed by atoms with van der Waals surface area (Å²) < 4.78 is 2.78. The molecule has 2 rings (SSSR count). The maximum absolute atomic E-state index is 11.1. The molecule has 0 bridgehead atoms. The van der Waals surface area contributed by atoms with E-state index in [0.717, 1.165) is 29.6 Å². The highest BCUT2D eigenvalue weighted by atomic mass is 127. The fourth-order valence-electron chi connectivity index (χ4n) is 2.32. The molecule has 0 radical (unpaired) electrons. The molecule has 112 valence electrons. The van der Waals surface area contributed by atoms with Gasteiger partial charge in [0.1, 0.15) is 5.69 Å². The highest BCUT2D eigenvalue weighted by Crippen LogP contribution is 2.12. The van der Waals surface area contributed by atoms with Crippen LogP contribution in [-0.2, 0) is 13.1 Å². The van der Waals surface area contributed by atoms with E-state index in [0.29, 0.717) is 5.69 Å². The first-order chi connectivity index (χ1) is 10.1. The molecule has 0 saturated heterocycles. The first kappa shape index (κ1) is 16.0. The summed E-state index contributed by atoms with van der Waals surface area (Å²) in [6.07, 6.45) is 2.82. The maximum atomic E-state index is 11.1. The molecular formula is C16H19IN2O2. The topological polar surface area (TPSA) is 45.5 Å². The Morgan fingerprint density at radius 3 is 2.71 bits per heavy atom. The molecule has 0 aliphatic rings. The lowest BCUT2D eigenvalue weighted by Gasteiger charge is -2.17. The van der Waals surface area contributed by atoms with E-state index in [1.165, 1.54) is 5.56 Å². The van der Waals surface area contributed by atoms with Crippen molar-refractivity contribution in [3.63, 3.8) is 0 Å². The van der Waals surface area contributed by atoms with Crippen LogP contribution in [0.4, 0.5) is 0 Å². The SMILES string of the molecule is CN(CCCn1cc(I)cc1C(=O)O)Cc1ccccc1. The molecule has 1 heterocycles. The molecule has 0 spiro atoms. The summed E-state index contributed by atoms with van der Waals surface area (Å²) in [5, 5.41) is 9.15. The third-order valence-electron chi connectivity index (χ3n) is 3.32. The molecule has 0 unspecified atom stereocenters. The van der Waals surface area contributed by atoms with Crippen LogP contribution in [0.2, 0.25) is 0 Å². The van der Waals surface area contributed by atoms with Gasteiger partial charge < -0.3 is 14.6 Å². The van der Waals surface area contributed by atoms with Crippen LogP contribution in [0.25, 0.3) is 0 Å². The minimum absolute atomic E-state index is 0.366. The highest BCUT2D eigenvalue weighted by molar-refractivity contribution is 14.1. The van der Waals surface area contributed by atoms with Crippen molar-refractivity contribution >= 4 is 28.6 Å². The molecule has 2 aromatic rings. The molecule has 0 amide bonds. The van der Waals surface area contributed by atoms with Crippen molar-refractivity contribution in [3.05, 3.63) is 57.4 Å². The lowest BCUT2D eigenvalue weighted by molar-refractivity contribution is 0.0684. The number of nitrogens with zero attached hydrogens (tertiary/aromatic N) is 2. The number of rotatable bonds is 7. The molecule has 4 nitrogen and oxygen atoms in total. The molecule has 1 aromatic carbocycles. The third kappa shape index (κ3) is 4.86. The van der Waals surface area contributed by atoms with Gasteiger partial charge in [0.25, 0.3) is 0 Å². The number of carbonyl (C=O) groups is 1. The summed E-state index contributed by atoms with van der Waals surface area (Å²) >= 11 is 2.15. The molecule has 1 aromatic heterocycles. The van der Waals surface area contributed by atoms with Crippen LogP contribution in [0.15, 0.2) is 42.6 Å². The minimum atomic E-state index is -0.865. The number of carboxylic acids is 1. The monoisotopic (exact) mass is 398 g/mol. The zero-order chi connectivity index (χ0) is 15.2. The molecule has 21 heavy (non-hydrogen) atoms. The first-order valence-electron chi connectivity index (χ1n) is 6.87. The summed E-state index contributed by atoms with van der Waals surface area (Å²) in [6.45, 7) is 2.57. The average Bonchev–Trinajstić information content (AvgIpc) is 2.81. The van der Waals surface area contributed by atoms with Crippen molar-refractivity contribution in [3.8, 4) is 0 Å². The smallest absolute Gasteiger partial charge is 0.352 e. The summed E-state index contributed by atoms with van der Waals surface area (Å²) in [5.41, 5.74) is 1.66. The predicted octanol–water partition coefficient (Wildman–Crippen LogP) is 3.31. The van der Waals surface area contributed by atoms with E-state index in [9.17, 15) is 4.79 Å². The van der Waals surface area contributed by atoms with Crippen molar-refractivity contribution in [1.82, 2.24) is 9.47 Å². The Morgan fingerprint density at radius 2 is 2.05 bits per heavy atom. The number of hydrogen-bond acceptors (Lipinski definition) is 2. The molecular weight excluding hydrogens is 379 g/mol. The van der Waals surface area contributed by atoms with Gasteiger partial charge in [0.2, 0.25) is 0 Å². The second kappa shape index (κ2) is 7.61. The second-order valence-corrected chi connectivity index (χ2v) is 6.36. The standard InChI is InChI=1S/C16H19IN2O2/c1-18(11-13-6-3-2-4-7-13)8-5-9-19-12-14(17)10-15(19)16(20)21/h2-4,6-7,10,12H,5,8-9,11H2,1H3,(H,20,21). The van der Waals surface area contributed by atoms with Crippen molar-refractivity contribution in [2.75, 3.05) is 13.6 Å². The van der Waals surface area contributed by atoms with Gasteiger partial charge in [-0.1, -0.05) is 30.3 Å². The van der Waals surface area contributed by atoms with E-state index in [-0.39, 0.29) is 0 Å². The number of carboxylic acid groups (broad SMARTS) is 1. The number of benzene rings is 1. The zero-order valence-electron chi connectivity index (χ0n) is 12.0. The number of hydrogen-bond donors (Lipinski definition) is 1. The summed E-state index contributed by atoms with van der Waals surface area (Å²) in [6, 6.07) is 12.1. The Balaban J connectivity index is 1.83. The van der Waals surface area contributed by atoms with Gasteiger partial charge in [-0.25, -0.2) is 4.79 Å². The van der Waals surface area contributed by atoms with Gasteiger partial charge in [-0.2, -0.15) is 0 Å². The van der Waals surface area contributed by atoms with E-state index in [1.54, 1.807) is 6.07 Å². The first-order valence-corrected chi connectivity index (χ1v) is 7.95. The molecule has 0 fully saturated rings. The summed E-state index contributed by atoms with van der Waals surface area (Å²) in [5.74, 6) is -0.865. The van der Waals surface area contributed by atoms with Gasteiger partial charge >= 0.3 is 5.97 Å². The fourth-order valence-corrected chi connectivity index (χ4v) is 2.96. The van der Waals surface area contributed by atoms with E-state index < -0.39 is 5.97 Å². The summed E-state index contributed by atoms with van der Waals surface area (Å²) in [4.78, 5) is 13.4. The van der Waals surface area contributed by atoms with Gasteiger partial charge in [-0.3, -0.25) is 0 Å². The fraction of sp³-hybridized carbons (Fsp3) is 0.312. The largest absolute Gasteiger partial charge is 0.477 e. The normalized spacial score (nSPS) is 11.0. The van der Waals surface area contributed by atoms with Gasteiger partial charge in [0, 0.05) is 22.9 Å². The van der Waals surface area contributed by atoms with Gasteiger partial charge in [0.05, 0.1) is 0 Å². The van der Waals surface area contributed by atoms with Crippen LogP contribution in [0.1, 0.15) is 22.5 Å². The average molecular weight is 398 g/mol. The van der Waals surface area contributed by atoms with Crippen molar-refractivity contribution in [2.45, 2.75) is 19.5 Å². The number of aromatic carboxylic acids is 1. The van der Waals surface area contributed by atoms with Gasteiger partial charge in [-0.05, 0) is 54.2 Å². The highest BCUT2D eigenvalue weighted by Gasteiger charge is 2.11. The van der Waals surface area contributed by atoms with Crippen molar-refractivity contribution in [1.29, 1.82) is 0 Å². The van der Waals surface area contributed by atoms with E-state index >= 15 is 0 Å². The Labute approximate surface area is 138 Å². The molecule has 0 atom stereocenters. The lowest BCUT2D eigenvalue weighted by atomic mass is 10.2. The summed E-state index contributed by atoms with van der Waals surface area (Å²) in [7, 11) is 2.09. The molecule has 0 aliphatic heterocycles. The Hall–Kier alpha value is -1.34. The molecule has 5 heteroatoms. The van der Waals surface area contributed by atoms with Crippen molar-refractivity contribution in [2.24, 2.45) is 0 Å². The van der Waals surface area contributed by atoms with Crippen LogP contribution in [0, 0.1) is 3.57 Å². The second-order valence-electron chi connectivity index (χ2n) is 5.12. The third-order valence-corrected chi connectivity index (χ3v) is 3.91. The van der Waals surface area contributed by atoms with Gasteiger partial charge in [-0.15, -0.1) is 0 Å². The van der Waals surface area contributed by atoms with Crippen LogP contribution in [0.3, 0.4) is 0 Å². The van der Waals surface area contributed by atoms with Crippen LogP contribution >= 0.6 is 22.6 Å². The molecule has 1 N–H and O–H groups in total. The van der Waals surface area contributed by atoms with E-state index in [4.69, 9.17) is 5.11 Å². The van der Waals surface area contributed by atoms with Crippen molar-refractivity contribution < 1.29 is 9.90 Å². The van der Waals surface area contributed by atoms with Crippen LogP contribution < -0.4 is 0 Å². The maximum Gasteiger partial charge on any atom is 0.352 e. The number of aromatic nitrogens is 1. The quantitative estimate of drug-likeness (QED) is 0.728. The number of halogens is 1. The molecule has 0 saturated carbocycles. The lowest BCUT2D eigenvalue weighted by Crippen LogP contribution is -2.20. The Bertz CT molecular complexity index is 596. The predicted molar refractivity (Wildman–Crippen MR) is 91.5 cm³/mol. The zero-order valence-corrected chi connectivity index (χ0v) is 14.2.